The van der Waals surface area contributed by atoms with Gasteiger partial charge < -0.3 is 4.74 Å². The molecule has 0 spiro atoms. The Morgan fingerprint density at radius 3 is 2.35 bits per heavy atom. The summed E-state index contributed by atoms with van der Waals surface area (Å²) in [5.41, 5.74) is 0. The molecule has 0 amide bonds. The zero-order chi connectivity index (χ0) is 12.9. The fourth-order valence-electron chi connectivity index (χ4n) is 1.34. The summed E-state index contributed by atoms with van der Waals surface area (Å²) in [4.78, 5) is 21.2. The molecule has 0 saturated heterocycles. The molecule has 0 aliphatic rings. The fraction of sp³-hybridized carbons (Fsp3) is 0.923. The van der Waals surface area contributed by atoms with E-state index in [0.29, 0.717) is 13.0 Å². The number of hydrogen-bond acceptors (Lipinski definition) is 4. The molecule has 102 valence electrons. The van der Waals surface area contributed by atoms with Gasteiger partial charge in [-0.15, -0.1) is 0 Å². The van der Waals surface area contributed by atoms with E-state index in [1.54, 1.807) is 6.92 Å². The van der Waals surface area contributed by atoms with Crippen molar-refractivity contribution in [2.75, 3.05) is 6.61 Å². The van der Waals surface area contributed by atoms with Gasteiger partial charge in [-0.1, -0.05) is 39.5 Å². The number of carbonyl (C=O) groups excluding carboxylic acids is 1. The minimum absolute atomic E-state index is 0.219. The number of carbonyl (C=O) groups is 1. The molecule has 0 aromatic carbocycles. The third-order valence-electron chi connectivity index (χ3n) is 2.32. The monoisotopic (exact) mass is 246 g/mol. The highest BCUT2D eigenvalue weighted by Crippen LogP contribution is 2.04. The highest BCUT2D eigenvalue weighted by atomic mass is 17.2. The second-order valence-electron chi connectivity index (χ2n) is 4.14. The maximum Gasteiger partial charge on any atom is 0.308 e. The van der Waals surface area contributed by atoms with Gasteiger partial charge in [-0.25, -0.2) is 4.89 Å². The van der Waals surface area contributed by atoms with Crippen LogP contribution in [0.5, 0.6) is 0 Å². The lowest BCUT2D eigenvalue weighted by molar-refractivity contribution is -0.365. The van der Waals surface area contributed by atoms with Crippen LogP contribution in [0, 0.1) is 0 Å². The van der Waals surface area contributed by atoms with E-state index in [9.17, 15) is 4.79 Å². The summed E-state index contributed by atoms with van der Waals surface area (Å²) >= 11 is 0. The lowest BCUT2D eigenvalue weighted by Gasteiger charge is -2.12. The molecule has 0 aliphatic carbocycles. The van der Waals surface area contributed by atoms with Gasteiger partial charge in [0, 0.05) is 13.3 Å². The Labute approximate surface area is 105 Å². The average molecular weight is 246 g/mol. The van der Waals surface area contributed by atoms with Gasteiger partial charge >= 0.3 is 5.97 Å². The van der Waals surface area contributed by atoms with Gasteiger partial charge in [0.25, 0.3) is 0 Å². The largest absolute Gasteiger partial charge is 0.433 e. The van der Waals surface area contributed by atoms with Gasteiger partial charge in [0.05, 0.1) is 6.61 Å². The first-order valence-electron chi connectivity index (χ1n) is 6.68. The molecule has 0 N–H and O–H groups in total. The lowest BCUT2D eigenvalue weighted by Crippen LogP contribution is -2.18. The van der Waals surface area contributed by atoms with Crippen molar-refractivity contribution in [2.45, 2.75) is 72.0 Å². The number of rotatable bonds is 11. The molecule has 1 atom stereocenters. The minimum Gasteiger partial charge on any atom is -0.433 e. The average Bonchev–Trinajstić information content (AvgIpc) is 2.29. The van der Waals surface area contributed by atoms with Gasteiger partial charge in [-0.05, 0) is 12.8 Å². The highest BCUT2D eigenvalue weighted by Gasteiger charge is 2.09. The summed E-state index contributed by atoms with van der Waals surface area (Å²) < 4.78 is 5.02. The van der Waals surface area contributed by atoms with Crippen LogP contribution in [0.3, 0.4) is 0 Å². The van der Waals surface area contributed by atoms with Crippen LogP contribution in [0.15, 0.2) is 0 Å². The van der Waals surface area contributed by atoms with Crippen LogP contribution in [-0.4, -0.2) is 18.9 Å². The van der Waals surface area contributed by atoms with Crippen LogP contribution in [0.4, 0.5) is 0 Å². The maximum absolute atomic E-state index is 11.3. The molecule has 4 nitrogen and oxygen atoms in total. The Kier molecular flexibility index (Phi) is 11.4. The van der Waals surface area contributed by atoms with Crippen molar-refractivity contribution in [2.24, 2.45) is 0 Å². The predicted octanol–water partition coefficient (Wildman–Crippen LogP) is 3.59. The van der Waals surface area contributed by atoms with E-state index in [-0.39, 0.29) is 5.97 Å². The van der Waals surface area contributed by atoms with Gasteiger partial charge in [-0.2, -0.15) is 4.89 Å². The van der Waals surface area contributed by atoms with E-state index in [4.69, 9.17) is 14.5 Å². The normalized spacial score (nSPS) is 12.4. The van der Waals surface area contributed by atoms with Crippen molar-refractivity contribution in [1.29, 1.82) is 0 Å². The van der Waals surface area contributed by atoms with Gasteiger partial charge in [0.15, 0.2) is 0 Å². The topological polar surface area (TPSA) is 44.8 Å². The third-order valence-corrected chi connectivity index (χ3v) is 2.32. The lowest BCUT2D eigenvalue weighted by atomic mass is 10.2. The molecule has 0 aliphatic heterocycles. The van der Waals surface area contributed by atoms with Crippen LogP contribution in [-0.2, 0) is 19.3 Å². The molecule has 17 heavy (non-hydrogen) atoms. The van der Waals surface area contributed by atoms with Crippen molar-refractivity contribution < 1.29 is 19.3 Å². The summed E-state index contributed by atoms with van der Waals surface area (Å²) in [5, 5.41) is 0. The first kappa shape index (κ1) is 16.4. The molecule has 0 radical (unpaired) electrons. The smallest absolute Gasteiger partial charge is 0.308 e. The Morgan fingerprint density at radius 2 is 1.71 bits per heavy atom. The van der Waals surface area contributed by atoms with E-state index in [0.717, 1.165) is 38.5 Å². The summed E-state index contributed by atoms with van der Waals surface area (Å²) in [6.45, 7) is 6.44. The Balaban J connectivity index is 3.37. The van der Waals surface area contributed by atoms with Crippen LogP contribution in [0.2, 0.25) is 0 Å². The van der Waals surface area contributed by atoms with Crippen LogP contribution in [0.1, 0.15) is 65.7 Å². The van der Waals surface area contributed by atoms with Crippen molar-refractivity contribution in [3.05, 3.63) is 0 Å². The van der Waals surface area contributed by atoms with Gasteiger partial charge in [0.2, 0.25) is 6.29 Å². The number of esters is 1. The zero-order valence-corrected chi connectivity index (χ0v) is 11.4. The summed E-state index contributed by atoms with van der Waals surface area (Å²) in [6.07, 6.45) is 6.09. The minimum atomic E-state index is -0.620. The quantitative estimate of drug-likeness (QED) is 0.184. The van der Waals surface area contributed by atoms with Gasteiger partial charge in [0.1, 0.15) is 0 Å². The predicted molar refractivity (Wildman–Crippen MR) is 66.3 cm³/mol. The first-order valence-corrected chi connectivity index (χ1v) is 6.68. The van der Waals surface area contributed by atoms with E-state index in [2.05, 4.69) is 13.8 Å². The Hall–Kier alpha value is -0.610. The van der Waals surface area contributed by atoms with Gasteiger partial charge in [-0.3, -0.25) is 4.79 Å². The first-order chi connectivity index (χ1) is 8.20. The van der Waals surface area contributed by atoms with Crippen LogP contribution in [0.25, 0.3) is 0 Å². The van der Waals surface area contributed by atoms with Crippen molar-refractivity contribution in [3.8, 4) is 0 Å². The number of hydrogen-bond donors (Lipinski definition) is 0. The van der Waals surface area contributed by atoms with E-state index in [1.807, 2.05) is 0 Å². The van der Waals surface area contributed by atoms with E-state index in [1.165, 1.54) is 0 Å². The molecule has 0 aromatic heterocycles. The third kappa shape index (κ3) is 11.6. The Morgan fingerprint density at radius 1 is 1.06 bits per heavy atom. The SMILES string of the molecule is CCCCCOOC(C)OC(=O)CCCCC. The molecule has 0 saturated carbocycles. The highest BCUT2D eigenvalue weighted by molar-refractivity contribution is 5.69. The van der Waals surface area contributed by atoms with Crippen molar-refractivity contribution >= 4 is 5.97 Å². The van der Waals surface area contributed by atoms with Crippen LogP contribution < -0.4 is 0 Å². The summed E-state index contributed by atoms with van der Waals surface area (Å²) in [7, 11) is 0. The maximum atomic E-state index is 11.3. The molecule has 0 bridgehead atoms. The van der Waals surface area contributed by atoms with Crippen molar-refractivity contribution in [3.63, 3.8) is 0 Å². The molecular formula is C13H26O4. The zero-order valence-electron chi connectivity index (χ0n) is 11.4. The molecule has 1 unspecified atom stereocenters. The standard InChI is InChI=1S/C13H26O4/c1-4-6-8-10-13(14)16-12(3)17-15-11-9-7-5-2/h12H,4-11H2,1-3H3. The Bertz CT molecular complexity index is 182. The number of ether oxygens (including phenoxy) is 1. The fourth-order valence-corrected chi connectivity index (χ4v) is 1.34. The molecule has 0 fully saturated rings. The summed E-state index contributed by atoms with van der Waals surface area (Å²) in [5.74, 6) is -0.219. The second-order valence-corrected chi connectivity index (χ2v) is 4.14. The van der Waals surface area contributed by atoms with Crippen molar-refractivity contribution in [1.82, 2.24) is 0 Å². The second kappa shape index (κ2) is 11.9. The van der Waals surface area contributed by atoms with E-state index >= 15 is 0 Å². The van der Waals surface area contributed by atoms with Crippen LogP contribution >= 0.6 is 0 Å². The molecule has 0 heterocycles. The summed E-state index contributed by atoms with van der Waals surface area (Å²) in [6, 6.07) is 0. The molecular weight excluding hydrogens is 220 g/mol. The molecule has 0 aromatic rings. The van der Waals surface area contributed by atoms with E-state index < -0.39 is 6.29 Å². The molecule has 0 rings (SSSR count). The number of unbranched alkanes of at least 4 members (excludes halogenated alkanes) is 4. The molecule has 4 heteroatoms.